The van der Waals surface area contributed by atoms with Crippen molar-refractivity contribution in [1.29, 1.82) is 0 Å². The molecule has 1 amide bonds. The van der Waals surface area contributed by atoms with E-state index in [1.165, 1.54) is 25.4 Å². The molecule has 0 radical (unpaired) electrons. The number of benzene rings is 1. The van der Waals surface area contributed by atoms with E-state index in [2.05, 4.69) is 10.5 Å². The molecule has 0 saturated heterocycles. The molecule has 1 atom stereocenters. The van der Waals surface area contributed by atoms with Crippen molar-refractivity contribution in [1.82, 2.24) is 5.43 Å². The van der Waals surface area contributed by atoms with Gasteiger partial charge in [0.15, 0.2) is 0 Å². The topological polar surface area (TPSA) is 88.1 Å². The van der Waals surface area contributed by atoms with Crippen LogP contribution < -0.4 is 14.5 Å². The lowest BCUT2D eigenvalue weighted by Gasteiger charge is -2.27. The van der Waals surface area contributed by atoms with E-state index in [9.17, 15) is 13.2 Å². The molecule has 0 spiro atoms. The zero-order valence-corrected chi connectivity index (χ0v) is 16.6. The summed E-state index contributed by atoms with van der Waals surface area (Å²) in [4.78, 5) is 13.3. The number of nitrogens with one attached hydrogen (secondary N) is 1. The van der Waals surface area contributed by atoms with Crippen LogP contribution >= 0.6 is 11.3 Å². The lowest BCUT2D eigenvalue weighted by atomic mass is 10.2. The van der Waals surface area contributed by atoms with Gasteiger partial charge in [0, 0.05) is 4.88 Å². The molecule has 1 aromatic carbocycles. The van der Waals surface area contributed by atoms with E-state index in [-0.39, 0.29) is 0 Å². The second-order valence-corrected chi connectivity index (χ2v) is 8.44. The fourth-order valence-corrected chi connectivity index (χ4v) is 4.26. The fraction of sp³-hybridized carbons (Fsp3) is 0.294. The average molecular weight is 396 g/mol. The van der Waals surface area contributed by atoms with Crippen molar-refractivity contribution in [2.24, 2.45) is 5.10 Å². The van der Waals surface area contributed by atoms with E-state index in [0.29, 0.717) is 11.4 Å². The Bertz CT molecular complexity index is 889. The summed E-state index contributed by atoms with van der Waals surface area (Å²) in [5.74, 6) is 0.0620. The lowest BCUT2D eigenvalue weighted by molar-refractivity contribution is -0.121. The predicted molar refractivity (Wildman–Crippen MR) is 105 cm³/mol. The number of rotatable bonds is 7. The van der Waals surface area contributed by atoms with Gasteiger partial charge < -0.3 is 4.74 Å². The van der Waals surface area contributed by atoms with Gasteiger partial charge in [0.1, 0.15) is 11.8 Å². The first-order valence-corrected chi connectivity index (χ1v) is 10.5. The minimum Gasteiger partial charge on any atom is -0.497 e. The van der Waals surface area contributed by atoms with Crippen molar-refractivity contribution in [3.63, 3.8) is 0 Å². The highest BCUT2D eigenvalue weighted by molar-refractivity contribution is 7.92. The highest BCUT2D eigenvalue weighted by Crippen LogP contribution is 2.23. The summed E-state index contributed by atoms with van der Waals surface area (Å²) >= 11 is 1.50. The number of methoxy groups -OCH3 is 1. The number of carbonyl (C=O) groups is 1. The quantitative estimate of drug-likeness (QED) is 0.576. The van der Waals surface area contributed by atoms with Gasteiger partial charge in [0.2, 0.25) is 10.0 Å². The van der Waals surface area contributed by atoms with Gasteiger partial charge in [-0.2, -0.15) is 5.10 Å². The maximum absolute atomic E-state index is 12.4. The molecule has 1 heterocycles. The van der Waals surface area contributed by atoms with Gasteiger partial charge in [-0.15, -0.1) is 11.3 Å². The molecular weight excluding hydrogens is 374 g/mol. The number of hydrogen-bond acceptors (Lipinski definition) is 6. The van der Waals surface area contributed by atoms with Crippen LogP contribution in [0.4, 0.5) is 5.69 Å². The van der Waals surface area contributed by atoms with Gasteiger partial charge in [-0.3, -0.25) is 9.10 Å². The fourth-order valence-electron chi connectivity index (χ4n) is 2.30. The maximum Gasteiger partial charge on any atom is 0.263 e. The zero-order valence-electron chi connectivity index (χ0n) is 15.0. The van der Waals surface area contributed by atoms with E-state index in [4.69, 9.17) is 4.74 Å². The summed E-state index contributed by atoms with van der Waals surface area (Å²) < 4.78 is 30.6. The second kappa shape index (κ2) is 8.33. The molecule has 2 aromatic rings. The Hall–Kier alpha value is -2.39. The molecule has 0 saturated carbocycles. The van der Waals surface area contributed by atoms with E-state index < -0.39 is 22.0 Å². The summed E-state index contributed by atoms with van der Waals surface area (Å²) in [7, 11) is -2.15. The van der Waals surface area contributed by atoms with Crippen LogP contribution in [0.1, 0.15) is 17.4 Å². The molecule has 0 fully saturated rings. The molecule has 7 nitrogen and oxygen atoms in total. The molecule has 1 N–H and O–H groups in total. The molecule has 26 heavy (non-hydrogen) atoms. The van der Waals surface area contributed by atoms with Crippen LogP contribution in [0.25, 0.3) is 0 Å². The minimum atomic E-state index is -3.67. The van der Waals surface area contributed by atoms with Crippen molar-refractivity contribution >= 4 is 39.2 Å². The lowest BCUT2D eigenvalue weighted by Crippen LogP contribution is -2.46. The highest BCUT2D eigenvalue weighted by Gasteiger charge is 2.29. The van der Waals surface area contributed by atoms with Crippen molar-refractivity contribution in [3.05, 3.63) is 46.2 Å². The summed E-state index contributed by atoms with van der Waals surface area (Å²) in [5.41, 5.74) is 3.82. The molecule has 9 heteroatoms. The van der Waals surface area contributed by atoms with Crippen molar-refractivity contribution in [2.45, 2.75) is 19.9 Å². The van der Waals surface area contributed by atoms with Gasteiger partial charge in [-0.05, 0) is 55.1 Å². The molecule has 0 bridgehead atoms. The Morgan fingerprint density at radius 2 is 1.96 bits per heavy atom. The zero-order chi connectivity index (χ0) is 19.3. The van der Waals surface area contributed by atoms with Gasteiger partial charge in [-0.25, -0.2) is 13.8 Å². The smallest absolute Gasteiger partial charge is 0.263 e. The summed E-state index contributed by atoms with van der Waals surface area (Å²) in [6.45, 7) is 3.45. The number of hydrazone groups is 1. The number of carbonyl (C=O) groups excluding carboxylic acids is 1. The number of amides is 1. The Morgan fingerprint density at radius 1 is 1.31 bits per heavy atom. The van der Waals surface area contributed by atoms with Crippen molar-refractivity contribution in [3.8, 4) is 5.75 Å². The number of aryl methyl sites for hydroxylation is 1. The van der Waals surface area contributed by atoms with E-state index in [1.807, 2.05) is 18.4 Å². The Kier molecular flexibility index (Phi) is 6.38. The second-order valence-electron chi connectivity index (χ2n) is 5.63. The number of ether oxygens (including phenoxy) is 1. The first-order valence-electron chi connectivity index (χ1n) is 7.74. The predicted octanol–water partition coefficient (Wildman–Crippen LogP) is 2.37. The molecule has 0 unspecified atom stereocenters. The highest BCUT2D eigenvalue weighted by atomic mass is 32.2. The Labute approximate surface area is 157 Å². The molecular formula is C17H21N3O4S2. The van der Waals surface area contributed by atoms with Crippen LogP contribution in [0, 0.1) is 6.92 Å². The number of anilines is 1. The molecule has 0 aliphatic carbocycles. The standard InChI is InChI=1S/C17H21N3O4S2/c1-12-9-10-25-16(12)11-18-19-17(21)13(2)20(26(4,22)23)14-5-7-15(24-3)8-6-14/h5-11,13H,1-4H3,(H,19,21)/b18-11-/t13-/m0/s1. The number of thiophene rings is 1. The molecule has 0 aliphatic heterocycles. The molecule has 140 valence electrons. The number of nitrogens with zero attached hydrogens (tertiary/aromatic N) is 2. The minimum absolute atomic E-state index is 0.369. The third kappa shape index (κ3) is 4.83. The van der Waals surface area contributed by atoms with E-state index in [1.54, 1.807) is 30.5 Å². The number of sulfonamides is 1. The molecule has 0 aliphatic rings. The Balaban J connectivity index is 2.17. The first-order chi connectivity index (χ1) is 12.2. The van der Waals surface area contributed by atoms with Crippen LogP contribution in [0.3, 0.4) is 0 Å². The van der Waals surface area contributed by atoms with Gasteiger partial charge >= 0.3 is 0 Å². The summed E-state index contributed by atoms with van der Waals surface area (Å²) in [6.07, 6.45) is 2.60. The molecule has 2 rings (SSSR count). The van der Waals surface area contributed by atoms with Crippen LogP contribution in [0.2, 0.25) is 0 Å². The Morgan fingerprint density at radius 3 is 2.46 bits per heavy atom. The third-order valence-electron chi connectivity index (χ3n) is 3.67. The monoisotopic (exact) mass is 395 g/mol. The van der Waals surface area contributed by atoms with Gasteiger partial charge in [0.25, 0.3) is 5.91 Å². The normalized spacial score (nSPS) is 12.8. The van der Waals surface area contributed by atoms with Crippen LogP contribution in [-0.4, -0.2) is 39.9 Å². The van der Waals surface area contributed by atoms with Gasteiger partial charge in [0.05, 0.1) is 25.3 Å². The summed E-state index contributed by atoms with van der Waals surface area (Å²) in [6, 6.07) is 7.42. The third-order valence-corrected chi connectivity index (χ3v) is 5.87. The van der Waals surface area contributed by atoms with E-state index in [0.717, 1.165) is 21.0 Å². The SMILES string of the molecule is COc1ccc(N([C@@H](C)C(=O)N/N=C\c2sccc2C)S(C)(=O)=O)cc1. The van der Waals surface area contributed by atoms with Crippen LogP contribution in [0.15, 0.2) is 40.8 Å². The van der Waals surface area contributed by atoms with Gasteiger partial charge in [-0.1, -0.05) is 0 Å². The summed E-state index contributed by atoms with van der Waals surface area (Å²) in [5, 5.41) is 5.85. The largest absolute Gasteiger partial charge is 0.497 e. The van der Waals surface area contributed by atoms with Crippen LogP contribution in [-0.2, 0) is 14.8 Å². The van der Waals surface area contributed by atoms with Crippen LogP contribution in [0.5, 0.6) is 5.75 Å². The average Bonchev–Trinajstić information content (AvgIpc) is 2.99. The van der Waals surface area contributed by atoms with Crippen molar-refractivity contribution < 1.29 is 17.9 Å². The maximum atomic E-state index is 12.4. The van der Waals surface area contributed by atoms with Crippen molar-refractivity contribution in [2.75, 3.05) is 17.7 Å². The number of hydrogen-bond donors (Lipinski definition) is 1. The molecule has 1 aromatic heterocycles. The first kappa shape index (κ1) is 19.9. The van der Waals surface area contributed by atoms with E-state index >= 15 is 0 Å².